The lowest BCUT2D eigenvalue weighted by atomic mass is 10.3. The van der Waals surface area contributed by atoms with E-state index in [0.717, 1.165) is 0 Å². The second kappa shape index (κ2) is 9.41. The van der Waals surface area contributed by atoms with Crippen LogP contribution in [0.2, 0.25) is 5.02 Å². The van der Waals surface area contributed by atoms with Crippen molar-refractivity contribution >= 4 is 29.2 Å². The minimum absolute atomic E-state index is 0.125. The Balaban J connectivity index is 1.48. The molecule has 28 heavy (non-hydrogen) atoms. The monoisotopic (exact) mass is 405 g/mol. The van der Waals surface area contributed by atoms with E-state index in [0.29, 0.717) is 49.1 Å². The highest BCUT2D eigenvalue weighted by atomic mass is 35.5. The molecule has 0 saturated carbocycles. The van der Waals surface area contributed by atoms with Crippen molar-refractivity contribution in [3.05, 3.63) is 59.4 Å². The number of urea groups is 1. The Bertz CT molecular complexity index is 832. The topological polar surface area (TPSA) is 61.9 Å². The Labute approximate surface area is 167 Å². The molecule has 148 valence electrons. The van der Waals surface area contributed by atoms with Crippen LogP contribution in [0.15, 0.2) is 48.5 Å². The van der Waals surface area contributed by atoms with Gasteiger partial charge in [0.2, 0.25) is 0 Å². The van der Waals surface area contributed by atoms with E-state index < -0.39 is 0 Å². The fraction of sp³-hybridized carbons (Fsp3) is 0.300. The van der Waals surface area contributed by atoms with Crippen molar-refractivity contribution in [2.24, 2.45) is 0 Å². The molecule has 1 fully saturated rings. The number of nitrogens with zero attached hydrogens (tertiary/aromatic N) is 2. The molecular weight excluding hydrogens is 385 g/mol. The van der Waals surface area contributed by atoms with Crippen LogP contribution in [-0.4, -0.2) is 54.5 Å². The summed E-state index contributed by atoms with van der Waals surface area (Å²) < 4.78 is 18.3. The summed E-state index contributed by atoms with van der Waals surface area (Å²) >= 11 is 5.94. The molecule has 1 aliphatic heterocycles. The molecule has 3 rings (SSSR count). The SMILES string of the molecule is O=C(COc1ccc(F)cc1)N1CCCN(C(=O)Nc2cccc(Cl)c2)CC1. The Morgan fingerprint density at radius 1 is 1.04 bits per heavy atom. The predicted molar refractivity (Wildman–Crippen MR) is 105 cm³/mol. The summed E-state index contributed by atoms with van der Waals surface area (Å²) in [4.78, 5) is 28.2. The molecule has 0 bridgehead atoms. The van der Waals surface area contributed by atoms with Gasteiger partial charge in [0.05, 0.1) is 0 Å². The van der Waals surface area contributed by atoms with Crippen LogP contribution < -0.4 is 10.1 Å². The second-order valence-electron chi connectivity index (χ2n) is 6.40. The number of nitrogens with one attached hydrogen (secondary N) is 1. The molecule has 0 spiro atoms. The van der Waals surface area contributed by atoms with E-state index in [1.54, 1.807) is 34.1 Å². The lowest BCUT2D eigenvalue weighted by molar-refractivity contribution is -0.133. The quantitative estimate of drug-likeness (QED) is 0.845. The summed E-state index contributed by atoms with van der Waals surface area (Å²) in [5.41, 5.74) is 0.627. The first-order chi connectivity index (χ1) is 13.5. The number of carbonyl (C=O) groups is 2. The minimum Gasteiger partial charge on any atom is -0.484 e. The lowest BCUT2D eigenvalue weighted by Gasteiger charge is -2.22. The van der Waals surface area contributed by atoms with Crippen molar-refractivity contribution in [1.29, 1.82) is 0 Å². The Hall–Kier alpha value is -2.80. The average Bonchev–Trinajstić information content (AvgIpc) is 2.94. The van der Waals surface area contributed by atoms with Crippen LogP contribution in [0.5, 0.6) is 5.75 Å². The highest BCUT2D eigenvalue weighted by Gasteiger charge is 2.22. The maximum absolute atomic E-state index is 12.9. The number of hydrogen-bond acceptors (Lipinski definition) is 3. The van der Waals surface area contributed by atoms with Crippen molar-refractivity contribution < 1.29 is 18.7 Å². The second-order valence-corrected chi connectivity index (χ2v) is 6.84. The molecule has 2 aromatic carbocycles. The van der Waals surface area contributed by atoms with Crippen LogP contribution >= 0.6 is 11.6 Å². The molecule has 3 amide bonds. The summed E-state index contributed by atoms with van der Waals surface area (Å²) in [6, 6.07) is 12.2. The molecular formula is C20H21ClFN3O3. The van der Waals surface area contributed by atoms with Gasteiger partial charge in [-0.1, -0.05) is 17.7 Å². The first-order valence-electron chi connectivity index (χ1n) is 8.99. The van der Waals surface area contributed by atoms with Crippen LogP contribution in [0.4, 0.5) is 14.9 Å². The number of ether oxygens (including phenoxy) is 1. The van der Waals surface area contributed by atoms with E-state index in [1.807, 2.05) is 0 Å². The highest BCUT2D eigenvalue weighted by molar-refractivity contribution is 6.30. The Kier molecular flexibility index (Phi) is 6.71. The molecule has 1 N–H and O–H groups in total. The van der Waals surface area contributed by atoms with Gasteiger partial charge in [-0.2, -0.15) is 0 Å². The molecule has 0 atom stereocenters. The van der Waals surface area contributed by atoms with Gasteiger partial charge < -0.3 is 19.9 Å². The summed E-state index contributed by atoms with van der Waals surface area (Å²) in [7, 11) is 0. The van der Waals surface area contributed by atoms with Gasteiger partial charge in [-0.3, -0.25) is 4.79 Å². The molecule has 1 aliphatic rings. The van der Waals surface area contributed by atoms with Crippen molar-refractivity contribution in [2.45, 2.75) is 6.42 Å². The average molecular weight is 406 g/mol. The first-order valence-corrected chi connectivity index (χ1v) is 9.37. The third-order valence-corrected chi connectivity index (χ3v) is 4.62. The molecule has 0 aromatic heterocycles. The van der Waals surface area contributed by atoms with Gasteiger partial charge in [0, 0.05) is 36.9 Å². The minimum atomic E-state index is -0.359. The predicted octanol–water partition coefficient (Wildman–Crippen LogP) is 3.62. The number of carbonyl (C=O) groups excluding carboxylic acids is 2. The first kappa shape index (κ1) is 19.9. The molecule has 0 unspecified atom stereocenters. The molecule has 2 aromatic rings. The zero-order valence-corrected chi connectivity index (χ0v) is 16.0. The number of halogens is 2. The van der Waals surface area contributed by atoms with E-state index in [4.69, 9.17) is 16.3 Å². The van der Waals surface area contributed by atoms with E-state index in [9.17, 15) is 14.0 Å². The van der Waals surface area contributed by atoms with Crippen molar-refractivity contribution in [1.82, 2.24) is 9.80 Å². The molecule has 0 radical (unpaired) electrons. The number of benzene rings is 2. The zero-order chi connectivity index (χ0) is 19.9. The van der Waals surface area contributed by atoms with Gasteiger partial charge >= 0.3 is 6.03 Å². The molecule has 8 heteroatoms. The summed E-state index contributed by atoms with van der Waals surface area (Å²) in [5, 5.41) is 3.37. The van der Waals surface area contributed by atoms with Crippen LogP contribution in [0.25, 0.3) is 0 Å². The number of amides is 3. The molecule has 0 aliphatic carbocycles. The fourth-order valence-electron chi connectivity index (χ4n) is 2.91. The van der Waals surface area contributed by atoms with E-state index >= 15 is 0 Å². The largest absolute Gasteiger partial charge is 0.484 e. The zero-order valence-electron chi connectivity index (χ0n) is 15.2. The summed E-state index contributed by atoms with van der Waals surface area (Å²) in [5.74, 6) is -0.0872. The normalized spacial score (nSPS) is 14.4. The van der Waals surface area contributed by atoms with E-state index in [2.05, 4.69) is 5.32 Å². The van der Waals surface area contributed by atoms with Gasteiger partial charge in [-0.15, -0.1) is 0 Å². The highest BCUT2D eigenvalue weighted by Crippen LogP contribution is 2.16. The Morgan fingerprint density at radius 2 is 1.75 bits per heavy atom. The van der Waals surface area contributed by atoms with Crippen LogP contribution in [0, 0.1) is 5.82 Å². The van der Waals surface area contributed by atoms with Gasteiger partial charge in [-0.05, 0) is 48.9 Å². The lowest BCUT2D eigenvalue weighted by Crippen LogP contribution is -2.40. The maximum atomic E-state index is 12.9. The third-order valence-electron chi connectivity index (χ3n) is 4.39. The van der Waals surface area contributed by atoms with Crippen LogP contribution in [-0.2, 0) is 4.79 Å². The molecule has 6 nitrogen and oxygen atoms in total. The van der Waals surface area contributed by atoms with Gasteiger partial charge in [0.15, 0.2) is 6.61 Å². The van der Waals surface area contributed by atoms with Gasteiger partial charge in [0.1, 0.15) is 11.6 Å². The van der Waals surface area contributed by atoms with Gasteiger partial charge in [-0.25, -0.2) is 9.18 Å². The number of hydrogen-bond donors (Lipinski definition) is 1. The van der Waals surface area contributed by atoms with Gasteiger partial charge in [0.25, 0.3) is 5.91 Å². The smallest absolute Gasteiger partial charge is 0.321 e. The van der Waals surface area contributed by atoms with Crippen LogP contribution in [0.3, 0.4) is 0 Å². The standard InChI is InChI=1S/C20H21ClFN3O3/c21-15-3-1-4-17(13-15)23-20(27)25-10-2-9-24(11-12-25)19(26)14-28-18-7-5-16(22)6-8-18/h1,3-8,13H,2,9-12,14H2,(H,23,27). The Morgan fingerprint density at radius 3 is 2.50 bits per heavy atom. The third kappa shape index (κ3) is 5.60. The van der Waals surface area contributed by atoms with E-state index in [-0.39, 0.29) is 24.4 Å². The number of anilines is 1. The van der Waals surface area contributed by atoms with Crippen LogP contribution in [0.1, 0.15) is 6.42 Å². The van der Waals surface area contributed by atoms with E-state index in [1.165, 1.54) is 24.3 Å². The molecule has 1 saturated heterocycles. The fourth-order valence-corrected chi connectivity index (χ4v) is 3.10. The molecule has 1 heterocycles. The van der Waals surface area contributed by atoms with Crippen molar-refractivity contribution in [3.63, 3.8) is 0 Å². The summed E-state index contributed by atoms with van der Waals surface area (Å²) in [6.07, 6.45) is 0.672. The summed E-state index contributed by atoms with van der Waals surface area (Å²) in [6.45, 7) is 1.82. The van der Waals surface area contributed by atoms with Crippen molar-refractivity contribution in [3.8, 4) is 5.75 Å². The van der Waals surface area contributed by atoms with Crippen molar-refractivity contribution in [2.75, 3.05) is 38.1 Å². The number of rotatable bonds is 4. The maximum Gasteiger partial charge on any atom is 0.321 e.